The molecule has 0 unspecified atom stereocenters. The Labute approximate surface area is 61.4 Å². The number of nitrogens with one attached hydrogen (secondary N) is 1. The lowest BCUT2D eigenvalue weighted by molar-refractivity contribution is -0.132. The summed E-state index contributed by atoms with van der Waals surface area (Å²) in [7, 11) is 3.61. The molecule has 0 aromatic carbocycles. The van der Waals surface area contributed by atoms with Crippen LogP contribution in [0.15, 0.2) is 0 Å². The molecule has 1 aliphatic rings. The molecule has 1 saturated heterocycles. The maximum Gasteiger partial charge on any atom is 0.226 e. The third-order valence-corrected chi connectivity index (χ3v) is 1.85. The fourth-order valence-electron chi connectivity index (χ4n) is 1.23. The molecular weight excluding hydrogens is 128 g/mol. The highest BCUT2D eigenvalue weighted by molar-refractivity contribution is 5.78. The molecule has 1 fully saturated rings. The van der Waals surface area contributed by atoms with E-state index in [0.29, 0.717) is 0 Å². The standard InChI is InChI=1S/C7H14N2O/c1-9(2)7(10)6-3-4-8-5-6/h6,8H,3-5H2,1-2H3/t6-/m0/s1. The van der Waals surface area contributed by atoms with E-state index in [0.717, 1.165) is 19.5 Å². The van der Waals surface area contributed by atoms with E-state index in [2.05, 4.69) is 5.32 Å². The van der Waals surface area contributed by atoms with Gasteiger partial charge in [0.2, 0.25) is 5.91 Å². The number of carbonyl (C=O) groups excluding carboxylic acids is 1. The summed E-state index contributed by atoms with van der Waals surface area (Å²) in [6, 6.07) is 0. The maximum absolute atomic E-state index is 11.2. The summed E-state index contributed by atoms with van der Waals surface area (Å²) < 4.78 is 0. The Kier molecular flexibility index (Phi) is 2.27. The minimum absolute atomic E-state index is 0.231. The zero-order valence-electron chi connectivity index (χ0n) is 6.55. The fraction of sp³-hybridized carbons (Fsp3) is 0.857. The topological polar surface area (TPSA) is 32.3 Å². The molecule has 0 saturated carbocycles. The molecular formula is C7H14N2O. The van der Waals surface area contributed by atoms with Crippen LogP contribution in [0.2, 0.25) is 0 Å². The van der Waals surface area contributed by atoms with E-state index in [1.165, 1.54) is 0 Å². The average molecular weight is 142 g/mol. The Bertz CT molecular complexity index is 128. The van der Waals surface area contributed by atoms with Crippen molar-refractivity contribution < 1.29 is 4.79 Å². The Morgan fingerprint density at radius 2 is 2.30 bits per heavy atom. The van der Waals surface area contributed by atoms with Crippen molar-refractivity contribution in [1.82, 2.24) is 10.2 Å². The van der Waals surface area contributed by atoms with Gasteiger partial charge in [-0.2, -0.15) is 0 Å². The molecule has 1 atom stereocenters. The molecule has 0 aromatic heterocycles. The summed E-state index contributed by atoms with van der Waals surface area (Å²) in [6.45, 7) is 1.85. The fourth-order valence-corrected chi connectivity index (χ4v) is 1.23. The van der Waals surface area contributed by atoms with Crippen molar-refractivity contribution >= 4 is 5.91 Å². The van der Waals surface area contributed by atoms with E-state index in [4.69, 9.17) is 0 Å². The molecule has 1 heterocycles. The minimum atomic E-state index is 0.231. The molecule has 0 spiro atoms. The van der Waals surface area contributed by atoms with Crippen LogP contribution in [0, 0.1) is 5.92 Å². The normalized spacial score (nSPS) is 24.8. The van der Waals surface area contributed by atoms with Gasteiger partial charge in [-0.25, -0.2) is 0 Å². The van der Waals surface area contributed by atoms with Crippen LogP contribution in [-0.4, -0.2) is 38.0 Å². The number of amides is 1. The summed E-state index contributed by atoms with van der Waals surface area (Å²) in [5.41, 5.74) is 0. The van der Waals surface area contributed by atoms with Gasteiger partial charge < -0.3 is 10.2 Å². The maximum atomic E-state index is 11.2. The summed E-state index contributed by atoms with van der Waals surface area (Å²) in [4.78, 5) is 12.9. The highest BCUT2D eigenvalue weighted by Gasteiger charge is 2.23. The van der Waals surface area contributed by atoms with E-state index < -0.39 is 0 Å². The van der Waals surface area contributed by atoms with Crippen molar-refractivity contribution in [2.75, 3.05) is 27.2 Å². The minimum Gasteiger partial charge on any atom is -0.349 e. The third-order valence-electron chi connectivity index (χ3n) is 1.85. The summed E-state index contributed by atoms with van der Waals surface area (Å²) in [6.07, 6.45) is 0.997. The summed E-state index contributed by atoms with van der Waals surface area (Å²) in [5, 5.41) is 3.16. The summed E-state index contributed by atoms with van der Waals surface area (Å²) >= 11 is 0. The van der Waals surface area contributed by atoms with Crippen molar-refractivity contribution in [3.63, 3.8) is 0 Å². The number of nitrogens with zero attached hydrogens (tertiary/aromatic N) is 1. The van der Waals surface area contributed by atoms with Crippen LogP contribution >= 0.6 is 0 Å². The van der Waals surface area contributed by atoms with Crippen molar-refractivity contribution in [3.05, 3.63) is 0 Å². The Morgan fingerprint density at radius 1 is 1.60 bits per heavy atom. The van der Waals surface area contributed by atoms with Crippen LogP contribution in [0.4, 0.5) is 0 Å². The van der Waals surface area contributed by atoms with E-state index in [9.17, 15) is 4.79 Å². The lowest BCUT2D eigenvalue weighted by atomic mass is 10.1. The Balaban J connectivity index is 2.40. The van der Waals surface area contributed by atoms with Gasteiger partial charge in [-0.3, -0.25) is 4.79 Å². The van der Waals surface area contributed by atoms with E-state index in [1.807, 2.05) is 0 Å². The molecule has 1 aliphatic heterocycles. The molecule has 58 valence electrons. The predicted molar refractivity (Wildman–Crippen MR) is 39.7 cm³/mol. The smallest absolute Gasteiger partial charge is 0.226 e. The molecule has 0 aliphatic carbocycles. The lowest BCUT2D eigenvalue weighted by Crippen LogP contribution is -2.30. The molecule has 0 aromatic rings. The van der Waals surface area contributed by atoms with Gasteiger partial charge in [0.1, 0.15) is 0 Å². The highest BCUT2D eigenvalue weighted by atomic mass is 16.2. The van der Waals surface area contributed by atoms with Crippen molar-refractivity contribution in [2.45, 2.75) is 6.42 Å². The average Bonchev–Trinajstić information content (AvgIpc) is 2.36. The van der Waals surface area contributed by atoms with Crippen molar-refractivity contribution in [2.24, 2.45) is 5.92 Å². The number of carbonyl (C=O) groups is 1. The largest absolute Gasteiger partial charge is 0.349 e. The Morgan fingerprint density at radius 3 is 2.70 bits per heavy atom. The first-order chi connectivity index (χ1) is 4.72. The van der Waals surface area contributed by atoms with Gasteiger partial charge >= 0.3 is 0 Å². The van der Waals surface area contributed by atoms with Crippen molar-refractivity contribution in [3.8, 4) is 0 Å². The quantitative estimate of drug-likeness (QED) is 0.544. The van der Waals surface area contributed by atoms with Crippen LogP contribution < -0.4 is 5.32 Å². The zero-order chi connectivity index (χ0) is 7.56. The van der Waals surface area contributed by atoms with Gasteiger partial charge in [0, 0.05) is 20.6 Å². The predicted octanol–water partition coefficient (Wildman–Crippen LogP) is -0.316. The van der Waals surface area contributed by atoms with Gasteiger partial charge in [-0.15, -0.1) is 0 Å². The van der Waals surface area contributed by atoms with E-state index >= 15 is 0 Å². The molecule has 1 rings (SSSR count). The second kappa shape index (κ2) is 3.01. The zero-order valence-corrected chi connectivity index (χ0v) is 6.55. The van der Waals surface area contributed by atoms with Crippen LogP contribution in [0.3, 0.4) is 0 Å². The number of hydrogen-bond acceptors (Lipinski definition) is 2. The lowest BCUT2D eigenvalue weighted by Gasteiger charge is -2.14. The monoisotopic (exact) mass is 142 g/mol. The molecule has 0 bridgehead atoms. The van der Waals surface area contributed by atoms with Crippen LogP contribution in [0.1, 0.15) is 6.42 Å². The van der Waals surface area contributed by atoms with Gasteiger partial charge in [0.15, 0.2) is 0 Å². The first-order valence-electron chi connectivity index (χ1n) is 3.63. The molecule has 1 N–H and O–H groups in total. The molecule has 10 heavy (non-hydrogen) atoms. The first kappa shape index (κ1) is 7.54. The van der Waals surface area contributed by atoms with Gasteiger partial charge in [0.05, 0.1) is 5.92 Å². The van der Waals surface area contributed by atoms with Gasteiger partial charge in [-0.1, -0.05) is 0 Å². The van der Waals surface area contributed by atoms with E-state index in [1.54, 1.807) is 19.0 Å². The highest BCUT2D eigenvalue weighted by Crippen LogP contribution is 2.09. The molecule has 1 amide bonds. The van der Waals surface area contributed by atoms with Crippen LogP contribution in [0.25, 0.3) is 0 Å². The second-order valence-corrected chi connectivity index (χ2v) is 2.92. The molecule has 3 heteroatoms. The number of rotatable bonds is 1. The summed E-state index contributed by atoms with van der Waals surface area (Å²) in [5.74, 6) is 0.486. The molecule has 0 radical (unpaired) electrons. The Hall–Kier alpha value is -0.570. The second-order valence-electron chi connectivity index (χ2n) is 2.92. The SMILES string of the molecule is CN(C)C(=O)[C@H]1CCNC1. The van der Waals surface area contributed by atoms with Gasteiger partial charge in [-0.05, 0) is 13.0 Å². The van der Waals surface area contributed by atoms with Gasteiger partial charge in [0.25, 0.3) is 0 Å². The van der Waals surface area contributed by atoms with Crippen LogP contribution in [-0.2, 0) is 4.79 Å². The first-order valence-corrected chi connectivity index (χ1v) is 3.63. The molecule has 3 nitrogen and oxygen atoms in total. The van der Waals surface area contributed by atoms with E-state index in [-0.39, 0.29) is 11.8 Å². The van der Waals surface area contributed by atoms with Crippen molar-refractivity contribution in [1.29, 1.82) is 0 Å². The third kappa shape index (κ3) is 1.48. The number of hydrogen-bond donors (Lipinski definition) is 1. The van der Waals surface area contributed by atoms with Crippen LogP contribution in [0.5, 0.6) is 0 Å².